The average molecular weight is 419 g/mol. The maximum absolute atomic E-state index is 12.3. The van der Waals surface area contributed by atoms with Crippen LogP contribution in [0.15, 0.2) is 24.3 Å². The molecule has 1 unspecified atom stereocenters. The number of hydrogen-bond donors (Lipinski definition) is 2. The van der Waals surface area contributed by atoms with Gasteiger partial charge in [-0.1, -0.05) is 19.1 Å². The molecule has 0 heterocycles. The van der Waals surface area contributed by atoms with Crippen LogP contribution in [0, 0.1) is 5.92 Å². The van der Waals surface area contributed by atoms with Gasteiger partial charge in [0.2, 0.25) is 0 Å². The number of carbonyl (C=O) groups is 1. The van der Waals surface area contributed by atoms with Gasteiger partial charge in [0.25, 0.3) is 0 Å². The van der Waals surface area contributed by atoms with Gasteiger partial charge in [-0.2, -0.15) is 0 Å². The number of methoxy groups -OCH3 is 1. The van der Waals surface area contributed by atoms with Crippen molar-refractivity contribution in [1.82, 2.24) is 0 Å². The lowest BCUT2D eigenvalue weighted by Crippen LogP contribution is -2.12. The number of hydrogen-bond acceptors (Lipinski definition) is 5. The quantitative estimate of drug-likeness (QED) is 0.336. The van der Waals surface area contributed by atoms with Crippen molar-refractivity contribution in [3.05, 3.63) is 35.4 Å². The first-order valence-corrected chi connectivity index (χ1v) is 11.4. The molecule has 5 heteroatoms. The molecule has 1 fully saturated rings. The van der Waals surface area contributed by atoms with Crippen molar-refractivity contribution < 1.29 is 24.5 Å². The van der Waals surface area contributed by atoms with E-state index in [0.717, 1.165) is 36.8 Å². The summed E-state index contributed by atoms with van der Waals surface area (Å²) < 4.78 is 11.3. The SMILES string of the molecule is CCC(C=CC(=O)CCc1cc(CCCOC)c(O)c(OC2CCCC2)c1)CCO. The fraction of sp³-hybridized carbons (Fsp3) is 0.640. The number of rotatable bonds is 14. The van der Waals surface area contributed by atoms with E-state index < -0.39 is 0 Å². The highest BCUT2D eigenvalue weighted by Gasteiger charge is 2.20. The molecule has 1 saturated carbocycles. The standard InChI is InChI=1S/C25H38O5/c1-3-19(14-15-26)10-12-22(27)13-11-20-17-21(7-6-16-29-2)25(28)24(18-20)30-23-8-4-5-9-23/h10,12,17-19,23,26,28H,3-9,11,13-16H2,1-2H3. The molecule has 0 aromatic heterocycles. The summed E-state index contributed by atoms with van der Waals surface area (Å²) in [6.07, 6.45) is 12.3. The number of carbonyl (C=O) groups excluding carboxylic acids is 1. The molecule has 30 heavy (non-hydrogen) atoms. The smallest absolute Gasteiger partial charge is 0.161 e. The van der Waals surface area contributed by atoms with E-state index >= 15 is 0 Å². The molecule has 0 amide bonds. The second-order valence-electron chi connectivity index (χ2n) is 8.23. The highest BCUT2D eigenvalue weighted by atomic mass is 16.5. The normalized spacial score (nSPS) is 15.7. The molecule has 0 aliphatic heterocycles. The summed E-state index contributed by atoms with van der Waals surface area (Å²) in [5.74, 6) is 1.09. The number of aliphatic hydroxyl groups excluding tert-OH is 1. The molecule has 2 N–H and O–H groups in total. The first-order chi connectivity index (χ1) is 14.6. The van der Waals surface area contributed by atoms with Crippen molar-refractivity contribution >= 4 is 5.78 Å². The van der Waals surface area contributed by atoms with Crippen molar-refractivity contribution in [2.75, 3.05) is 20.3 Å². The lowest BCUT2D eigenvalue weighted by Gasteiger charge is -2.18. The summed E-state index contributed by atoms with van der Waals surface area (Å²) in [7, 11) is 1.67. The summed E-state index contributed by atoms with van der Waals surface area (Å²) in [6.45, 7) is 2.83. The van der Waals surface area contributed by atoms with Gasteiger partial charge in [0.05, 0.1) is 6.10 Å². The zero-order chi connectivity index (χ0) is 21.8. The molecule has 1 aromatic carbocycles. The molecular formula is C25H38O5. The number of phenolic OH excluding ortho intramolecular Hbond substituents is 1. The maximum atomic E-state index is 12.3. The van der Waals surface area contributed by atoms with Crippen molar-refractivity contribution in [3.63, 3.8) is 0 Å². The Balaban J connectivity index is 2.06. The second kappa shape index (κ2) is 13.5. The van der Waals surface area contributed by atoms with E-state index in [0.29, 0.717) is 38.0 Å². The van der Waals surface area contributed by atoms with Crippen molar-refractivity contribution in [2.24, 2.45) is 5.92 Å². The Hall–Kier alpha value is -1.85. The van der Waals surface area contributed by atoms with Gasteiger partial charge in [-0.3, -0.25) is 4.79 Å². The third kappa shape index (κ3) is 8.11. The Labute approximate surface area is 181 Å². The van der Waals surface area contributed by atoms with Gasteiger partial charge in [-0.25, -0.2) is 0 Å². The molecule has 168 valence electrons. The van der Waals surface area contributed by atoms with Crippen LogP contribution in [0.4, 0.5) is 0 Å². The third-order valence-electron chi connectivity index (χ3n) is 5.84. The second-order valence-corrected chi connectivity index (χ2v) is 8.23. The average Bonchev–Trinajstić information content (AvgIpc) is 3.25. The van der Waals surface area contributed by atoms with Crippen LogP contribution in [0.1, 0.15) is 69.4 Å². The van der Waals surface area contributed by atoms with Gasteiger partial charge < -0.3 is 19.7 Å². The summed E-state index contributed by atoms with van der Waals surface area (Å²) in [5, 5.41) is 19.8. The minimum atomic E-state index is 0.0821. The number of benzene rings is 1. The predicted octanol–water partition coefficient (Wildman–Crippen LogP) is 4.76. The lowest BCUT2D eigenvalue weighted by molar-refractivity contribution is -0.114. The van der Waals surface area contributed by atoms with Crippen LogP contribution in [-0.2, 0) is 22.4 Å². The Morgan fingerprint density at radius 1 is 1.27 bits per heavy atom. The van der Waals surface area contributed by atoms with E-state index in [-0.39, 0.29) is 30.2 Å². The van der Waals surface area contributed by atoms with E-state index in [2.05, 4.69) is 6.92 Å². The number of aromatic hydroxyl groups is 1. The van der Waals surface area contributed by atoms with E-state index in [1.54, 1.807) is 13.2 Å². The number of ketones is 1. The summed E-state index contributed by atoms with van der Waals surface area (Å²) >= 11 is 0. The first kappa shape index (κ1) is 24.4. The molecule has 1 aliphatic rings. The predicted molar refractivity (Wildman–Crippen MR) is 119 cm³/mol. The lowest BCUT2D eigenvalue weighted by atomic mass is 9.99. The van der Waals surface area contributed by atoms with E-state index in [4.69, 9.17) is 14.6 Å². The number of ether oxygens (including phenoxy) is 2. The number of aryl methyl sites for hydroxylation is 2. The number of phenols is 1. The minimum absolute atomic E-state index is 0.0821. The van der Waals surface area contributed by atoms with Crippen LogP contribution in [0.25, 0.3) is 0 Å². The van der Waals surface area contributed by atoms with E-state index in [1.165, 1.54) is 12.8 Å². The summed E-state index contributed by atoms with van der Waals surface area (Å²) in [4.78, 5) is 12.3. The Kier molecular flexibility index (Phi) is 11.0. The maximum Gasteiger partial charge on any atom is 0.161 e. The van der Waals surface area contributed by atoms with Crippen LogP contribution in [0.5, 0.6) is 11.5 Å². The molecule has 0 spiro atoms. The van der Waals surface area contributed by atoms with Gasteiger partial charge in [-0.15, -0.1) is 0 Å². The Morgan fingerprint density at radius 3 is 2.70 bits per heavy atom. The van der Waals surface area contributed by atoms with Crippen molar-refractivity contribution in [3.8, 4) is 11.5 Å². The fourth-order valence-corrected chi connectivity index (χ4v) is 3.94. The summed E-state index contributed by atoms with van der Waals surface area (Å²) in [5.41, 5.74) is 1.87. The highest BCUT2D eigenvalue weighted by molar-refractivity contribution is 5.89. The van der Waals surface area contributed by atoms with Crippen molar-refractivity contribution in [2.45, 2.75) is 77.2 Å². The zero-order valence-corrected chi connectivity index (χ0v) is 18.6. The van der Waals surface area contributed by atoms with Crippen LogP contribution in [0.3, 0.4) is 0 Å². The molecule has 0 radical (unpaired) electrons. The van der Waals surface area contributed by atoms with Gasteiger partial charge in [-0.05, 0) is 87.0 Å². The number of aliphatic hydroxyl groups is 1. The topological polar surface area (TPSA) is 76.0 Å². The van der Waals surface area contributed by atoms with Gasteiger partial charge in [0, 0.05) is 26.7 Å². The fourth-order valence-electron chi connectivity index (χ4n) is 3.94. The zero-order valence-electron chi connectivity index (χ0n) is 18.6. The molecule has 0 saturated heterocycles. The van der Waals surface area contributed by atoms with Crippen LogP contribution >= 0.6 is 0 Å². The molecule has 1 aliphatic carbocycles. The molecule has 1 aromatic rings. The van der Waals surface area contributed by atoms with E-state index in [1.807, 2.05) is 18.2 Å². The van der Waals surface area contributed by atoms with Gasteiger partial charge in [0.1, 0.15) is 0 Å². The minimum Gasteiger partial charge on any atom is -0.504 e. The van der Waals surface area contributed by atoms with Gasteiger partial charge in [0.15, 0.2) is 17.3 Å². The van der Waals surface area contributed by atoms with Gasteiger partial charge >= 0.3 is 0 Å². The number of allylic oxidation sites excluding steroid dienone is 2. The molecular weight excluding hydrogens is 380 g/mol. The van der Waals surface area contributed by atoms with E-state index in [9.17, 15) is 9.90 Å². The Bertz CT molecular complexity index is 676. The molecule has 5 nitrogen and oxygen atoms in total. The third-order valence-corrected chi connectivity index (χ3v) is 5.84. The monoisotopic (exact) mass is 418 g/mol. The van der Waals surface area contributed by atoms with Crippen LogP contribution < -0.4 is 4.74 Å². The molecule has 1 atom stereocenters. The molecule has 2 rings (SSSR count). The highest BCUT2D eigenvalue weighted by Crippen LogP contribution is 2.36. The van der Waals surface area contributed by atoms with Crippen LogP contribution in [-0.4, -0.2) is 42.4 Å². The first-order valence-electron chi connectivity index (χ1n) is 11.4. The van der Waals surface area contributed by atoms with Crippen molar-refractivity contribution in [1.29, 1.82) is 0 Å². The molecule has 0 bridgehead atoms. The summed E-state index contributed by atoms with van der Waals surface area (Å²) in [6, 6.07) is 3.88. The largest absolute Gasteiger partial charge is 0.504 e. The Morgan fingerprint density at radius 2 is 2.03 bits per heavy atom. The van der Waals surface area contributed by atoms with Crippen LogP contribution in [0.2, 0.25) is 0 Å².